The molecule has 0 aliphatic heterocycles. The fourth-order valence-electron chi connectivity index (χ4n) is 1.53. The molecular weight excluding hydrogens is 260 g/mol. The van der Waals surface area contributed by atoms with Crippen LogP contribution in [0, 0.1) is 0 Å². The highest BCUT2D eigenvalue weighted by molar-refractivity contribution is 5.35. The van der Waals surface area contributed by atoms with Crippen molar-refractivity contribution in [2.75, 3.05) is 30.8 Å². The molecule has 2 heterocycles. The van der Waals surface area contributed by atoms with Crippen LogP contribution in [-0.2, 0) is 13.5 Å². The van der Waals surface area contributed by atoms with Gasteiger partial charge in [-0.1, -0.05) is 0 Å². The van der Waals surface area contributed by atoms with Gasteiger partial charge in [-0.3, -0.25) is 4.68 Å². The van der Waals surface area contributed by atoms with Crippen LogP contribution in [0.25, 0.3) is 0 Å². The monoisotopic (exact) mass is 278 g/mol. The van der Waals surface area contributed by atoms with Crippen LogP contribution in [0.15, 0.2) is 6.33 Å². The Morgan fingerprint density at radius 3 is 2.70 bits per heavy atom. The fourth-order valence-corrected chi connectivity index (χ4v) is 1.53. The first-order valence-corrected chi connectivity index (χ1v) is 6.36. The molecule has 9 heteroatoms. The van der Waals surface area contributed by atoms with Gasteiger partial charge in [-0.25, -0.2) is 4.98 Å². The van der Waals surface area contributed by atoms with Gasteiger partial charge >= 0.3 is 6.01 Å². The van der Waals surface area contributed by atoms with Crippen LogP contribution < -0.4 is 15.4 Å². The largest absolute Gasteiger partial charge is 0.464 e. The van der Waals surface area contributed by atoms with Crippen LogP contribution in [0.5, 0.6) is 6.01 Å². The van der Waals surface area contributed by atoms with Gasteiger partial charge in [0.2, 0.25) is 11.9 Å². The van der Waals surface area contributed by atoms with Crippen molar-refractivity contribution in [3.05, 3.63) is 12.2 Å². The van der Waals surface area contributed by atoms with Crippen LogP contribution in [0.1, 0.15) is 12.7 Å². The van der Waals surface area contributed by atoms with E-state index in [-0.39, 0.29) is 0 Å². The van der Waals surface area contributed by atoms with Gasteiger partial charge < -0.3 is 15.4 Å². The number of aromatic nitrogens is 6. The molecule has 2 aromatic heterocycles. The second kappa shape index (κ2) is 6.64. The molecule has 0 aliphatic carbocycles. The molecule has 0 spiro atoms. The van der Waals surface area contributed by atoms with E-state index in [9.17, 15) is 0 Å². The Hall–Kier alpha value is -2.45. The summed E-state index contributed by atoms with van der Waals surface area (Å²) in [6.07, 6.45) is 2.36. The van der Waals surface area contributed by atoms with Crippen molar-refractivity contribution in [1.82, 2.24) is 29.7 Å². The van der Waals surface area contributed by atoms with Crippen LogP contribution >= 0.6 is 0 Å². The Balaban J connectivity index is 1.95. The molecule has 2 rings (SSSR count). The van der Waals surface area contributed by atoms with E-state index in [0.29, 0.717) is 37.5 Å². The number of ether oxygens (including phenoxy) is 1. The molecule has 0 atom stereocenters. The van der Waals surface area contributed by atoms with Gasteiger partial charge in [0.1, 0.15) is 6.33 Å². The van der Waals surface area contributed by atoms with Gasteiger partial charge in [0.05, 0.1) is 6.61 Å². The summed E-state index contributed by atoms with van der Waals surface area (Å²) >= 11 is 0. The van der Waals surface area contributed by atoms with E-state index >= 15 is 0 Å². The maximum atomic E-state index is 5.29. The van der Waals surface area contributed by atoms with Crippen molar-refractivity contribution < 1.29 is 4.74 Å². The predicted molar refractivity (Wildman–Crippen MR) is 73.7 cm³/mol. The summed E-state index contributed by atoms with van der Waals surface area (Å²) in [5.74, 6) is 1.69. The van der Waals surface area contributed by atoms with E-state index in [2.05, 4.69) is 35.7 Å². The molecule has 9 nitrogen and oxygen atoms in total. The van der Waals surface area contributed by atoms with Crippen molar-refractivity contribution in [1.29, 1.82) is 0 Å². The minimum atomic E-state index is 0.297. The molecule has 0 bridgehead atoms. The lowest BCUT2D eigenvalue weighted by Crippen LogP contribution is -2.12. The minimum absolute atomic E-state index is 0.297. The van der Waals surface area contributed by atoms with Crippen molar-refractivity contribution in [2.24, 2.45) is 7.05 Å². The lowest BCUT2D eigenvalue weighted by molar-refractivity contribution is 0.312. The molecule has 0 saturated carbocycles. The van der Waals surface area contributed by atoms with E-state index in [1.807, 2.05) is 14.0 Å². The molecule has 0 saturated heterocycles. The highest BCUT2D eigenvalue weighted by Crippen LogP contribution is 2.10. The molecule has 0 fully saturated rings. The highest BCUT2D eigenvalue weighted by atomic mass is 16.5. The third-order valence-electron chi connectivity index (χ3n) is 2.39. The lowest BCUT2D eigenvalue weighted by Gasteiger charge is -2.07. The number of rotatable bonds is 7. The third-order valence-corrected chi connectivity index (χ3v) is 2.39. The van der Waals surface area contributed by atoms with Gasteiger partial charge in [-0.2, -0.15) is 20.1 Å². The van der Waals surface area contributed by atoms with Crippen molar-refractivity contribution >= 4 is 11.9 Å². The van der Waals surface area contributed by atoms with Gasteiger partial charge in [0.15, 0.2) is 5.82 Å². The molecule has 20 heavy (non-hydrogen) atoms. The van der Waals surface area contributed by atoms with Crippen molar-refractivity contribution in [3.8, 4) is 6.01 Å². The van der Waals surface area contributed by atoms with Crippen LogP contribution in [0.3, 0.4) is 0 Å². The first kappa shape index (κ1) is 14.0. The zero-order valence-corrected chi connectivity index (χ0v) is 11.8. The normalized spacial score (nSPS) is 10.3. The van der Waals surface area contributed by atoms with E-state index in [1.54, 1.807) is 18.1 Å². The summed E-state index contributed by atoms with van der Waals surface area (Å²) in [5.41, 5.74) is 0. The second-order valence-electron chi connectivity index (χ2n) is 3.96. The molecule has 0 unspecified atom stereocenters. The summed E-state index contributed by atoms with van der Waals surface area (Å²) in [6, 6.07) is 0.297. The predicted octanol–water partition coefficient (Wildman–Crippen LogP) is 0.0951. The summed E-state index contributed by atoms with van der Waals surface area (Å²) in [4.78, 5) is 16.6. The minimum Gasteiger partial charge on any atom is -0.464 e. The summed E-state index contributed by atoms with van der Waals surface area (Å²) < 4.78 is 6.96. The SMILES string of the molecule is CCOc1nc(NC)nc(NCCc2ncn(C)n2)n1. The molecule has 2 N–H and O–H groups in total. The number of nitrogens with zero attached hydrogens (tertiary/aromatic N) is 6. The van der Waals surface area contributed by atoms with Gasteiger partial charge in [-0.05, 0) is 6.92 Å². The quantitative estimate of drug-likeness (QED) is 0.735. The number of hydrogen-bond donors (Lipinski definition) is 2. The molecule has 2 aromatic rings. The average molecular weight is 278 g/mol. The number of nitrogens with one attached hydrogen (secondary N) is 2. The Morgan fingerprint density at radius 1 is 1.25 bits per heavy atom. The van der Waals surface area contributed by atoms with Gasteiger partial charge in [0, 0.05) is 27.1 Å². The first-order valence-electron chi connectivity index (χ1n) is 6.36. The van der Waals surface area contributed by atoms with E-state index in [1.165, 1.54) is 0 Å². The molecule has 0 amide bonds. The van der Waals surface area contributed by atoms with E-state index < -0.39 is 0 Å². The lowest BCUT2D eigenvalue weighted by atomic mass is 10.4. The standard InChI is InChI=1S/C11H18N8O/c1-4-20-11-16-9(12-2)15-10(17-11)13-6-5-8-14-7-19(3)18-8/h7H,4-6H2,1-3H3,(H2,12,13,15,16,17). The number of anilines is 2. The fraction of sp³-hybridized carbons (Fsp3) is 0.545. The highest BCUT2D eigenvalue weighted by Gasteiger charge is 2.06. The summed E-state index contributed by atoms with van der Waals surface area (Å²) in [7, 11) is 3.58. The van der Waals surface area contributed by atoms with Gasteiger partial charge in [-0.15, -0.1) is 0 Å². The Morgan fingerprint density at radius 2 is 2.05 bits per heavy atom. The van der Waals surface area contributed by atoms with Crippen LogP contribution in [0.2, 0.25) is 0 Å². The Bertz CT molecular complexity index is 555. The Labute approximate surface area is 116 Å². The average Bonchev–Trinajstić information content (AvgIpc) is 2.84. The zero-order chi connectivity index (χ0) is 14.4. The molecule has 0 aromatic carbocycles. The zero-order valence-electron chi connectivity index (χ0n) is 11.8. The van der Waals surface area contributed by atoms with E-state index in [4.69, 9.17) is 4.74 Å². The smallest absolute Gasteiger partial charge is 0.323 e. The summed E-state index contributed by atoms with van der Waals surface area (Å²) in [6.45, 7) is 3.01. The van der Waals surface area contributed by atoms with E-state index in [0.717, 1.165) is 5.82 Å². The molecule has 108 valence electrons. The first-order chi connectivity index (χ1) is 9.71. The molecular formula is C11H18N8O. The number of hydrogen-bond acceptors (Lipinski definition) is 8. The molecule has 0 radical (unpaired) electrons. The maximum absolute atomic E-state index is 5.29. The third kappa shape index (κ3) is 3.77. The van der Waals surface area contributed by atoms with Crippen LogP contribution in [-0.4, -0.2) is 49.9 Å². The summed E-state index contributed by atoms with van der Waals surface area (Å²) in [5, 5.41) is 10.2. The molecule has 0 aliphatic rings. The second-order valence-corrected chi connectivity index (χ2v) is 3.96. The number of aryl methyl sites for hydroxylation is 1. The van der Waals surface area contributed by atoms with Gasteiger partial charge in [0.25, 0.3) is 0 Å². The van der Waals surface area contributed by atoms with Crippen molar-refractivity contribution in [2.45, 2.75) is 13.3 Å². The topological polar surface area (TPSA) is 103 Å². The van der Waals surface area contributed by atoms with Crippen LogP contribution in [0.4, 0.5) is 11.9 Å². The Kier molecular flexibility index (Phi) is 4.64. The van der Waals surface area contributed by atoms with Crippen molar-refractivity contribution in [3.63, 3.8) is 0 Å². The maximum Gasteiger partial charge on any atom is 0.323 e.